The lowest BCUT2D eigenvalue weighted by molar-refractivity contribution is -0.384. The molecule has 2 aromatic rings. The van der Waals surface area contributed by atoms with E-state index in [0.29, 0.717) is 27.0 Å². The topological polar surface area (TPSA) is 81.5 Å². The van der Waals surface area contributed by atoms with Crippen molar-refractivity contribution < 1.29 is 14.5 Å². The predicted octanol–water partition coefficient (Wildman–Crippen LogP) is 4.23. The molecule has 6 nitrogen and oxygen atoms in total. The van der Waals surface area contributed by atoms with E-state index in [1.807, 2.05) is 0 Å². The lowest BCUT2D eigenvalue weighted by Gasteiger charge is -2.10. The number of benzene rings is 2. The van der Waals surface area contributed by atoms with E-state index in [9.17, 15) is 14.9 Å². The molecule has 0 atom stereocenters. The van der Waals surface area contributed by atoms with E-state index in [4.69, 9.17) is 27.9 Å². The van der Waals surface area contributed by atoms with E-state index in [2.05, 4.69) is 5.32 Å². The maximum absolute atomic E-state index is 11.9. The zero-order valence-electron chi connectivity index (χ0n) is 12.0. The van der Waals surface area contributed by atoms with Gasteiger partial charge in [-0.15, -0.1) is 0 Å². The number of hydrogen-bond acceptors (Lipinski definition) is 4. The fourth-order valence-electron chi connectivity index (χ4n) is 1.83. The molecule has 1 amide bonds. The van der Waals surface area contributed by atoms with Crippen molar-refractivity contribution in [2.24, 2.45) is 0 Å². The van der Waals surface area contributed by atoms with Gasteiger partial charge in [0.25, 0.3) is 11.6 Å². The summed E-state index contributed by atoms with van der Waals surface area (Å²) in [6.07, 6.45) is 0. The highest BCUT2D eigenvalue weighted by atomic mass is 35.5. The number of carbonyl (C=O) groups excluding carboxylic acids is 1. The van der Waals surface area contributed by atoms with Gasteiger partial charge in [-0.05, 0) is 36.8 Å². The predicted molar refractivity (Wildman–Crippen MR) is 88.4 cm³/mol. The van der Waals surface area contributed by atoms with E-state index in [-0.39, 0.29) is 12.3 Å². The molecule has 23 heavy (non-hydrogen) atoms. The molecule has 0 fully saturated rings. The minimum Gasteiger partial charge on any atom is -0.483 e. The summed E-state index contributed by atoms with van der Waals surface area (Å²) < 4.78 is 5.37. The van der Waals surface area contributed by atoms with Gasteiger partial charge in [0.1, 0.15) is 5.75 Å². The minimum absolute atomic E-state index is 0.0350. The fourth-order valence-corrected chi connectivity index (χ4v) is 2.29. The van der Waals surface area contributed by atoms with Gasteiger partial charge in [0.05, 0.1) is 15.6 Å². The Labute approximate surface area is 142 Å². The molecular formula is C15H12Cl2N2O4. The van der Waals surface area contributed by atoms with Crippen molar-refractivity contribution in [3.8, 4) is 5.75 Å². The number of halogens is 2. The fraction of sp³-hybridized carbons (Fsp3) is 0.133. The molecule has 8 heteroatoms. The van der Waals surface area contributed by atoms with E-state index in [1.165, 1.54) is 24.3 Å². The van der Waals surface area contributed by atoms with Gasteiger partial charge in [0, 0.05) is 17.2 Å². The molecule has 0 bridgehead atoms. The van der Waals surface area contributed by atoms with Crippen LogP contribution in [0.3, 0.4) is 0 Å². The zero-order chi connectivity index (χ0) is 17.0. The summed E-state index contributed by atoms with van der Waals surface area (Å²) in [6, 6.07) is 8.85. The summed E-state index contributed by atoms with van der Waals surface area (Å²) in [7, 11) is 0. The Morgan fingerprint density at radius 3 is 2.61 bits per heavy atom. The van der Waals surface area contributed by atoms with Crippen LogP contribution in [-0.2, 0) is 4.79 Å². The van der Waals surface area contributed by atoms with Crippen LogP contribution in [0, 0.1) is 17.0 Å². The maximum atomic E-state index is 11.9. The number of ether oxygens (including phenoxy) is 1. The van der Waals surface area contributed by atoms with Crippen LogP contribution in [0.5, 0.6) is 5.75 Å². The van der Waals surface area contributed by atoms with Crippen LogP contribution in [0.1, 0.15) is 5.56 Å². The molecule has 0 heterocycles. The van der Waals surface area contributed by atoms with Gasteiger partial charge in [0.15, 0.2) is 6.61 Å². The van der Waals surface area contributed by atoms with Crippen LogP contribution in [0.15, 0.2) is 36.4 Å². The third-order valence-electron chi connectivity index (χ3n) is 2.93. The Morgan fingerprint density at radius 1 is 1.26 bits per heavy atom. The first-order chi connectivity index (χ1) is 10.9. The lowest BCUT2D eigenvalue weighted by atomic mass is 10.2. The number of rotatable bonds is 5. The summed E-state index contributed by atoms with van der Waals surface area (Å²) >= 11 is 11.7. The highest BCUT2D eigenvalue weighted by Gasteiger charge is 2.11. The van der Waals surface area contributed by atoms with Crippen molar-refractivity contribution in [1.29, 1.82) is 0 Å². The van der Waals surface area contributed by atoms with Gasteiger partial charge >= 0.3 is 0 Å². The number of amides is 1. The van der Waals surface area contributed by atoms with Gasteiger partial charge in [-0.2, -0.15) is 0 Å². The van der Waals surface area contributed by atoms with Gasteiger partial charge in [0.2, 0.25) is 0 Å². The molecule has 120 valence electrons. The average molecular weight is 355 g/mol. The molecule has 0 saturated heterocycles. The van der Waals surface area contributed by atoms with Gasteiger partial charge in [-0.25, -0.2) is 0 Å². The van der Waals surface area contributed by atoms with E-state index < -0.39 is 10.8 Å². The van der Waals surface area contributed by atoms with E-state index >= 15 is 0 Å². The van der Waals surface area contributed by atoms with Crippen LogP contribution < -0.4 is 10.1 Å². The molecule has 0 radical (unpaired) electrons. The molecule has 2 aromatic carbocycles. The molecule has 1 N–H and O–H groups in total. The average Bonchev–Trinajstić information content (AvgIpc) is 2.48. The number of anilines is 1. The normalized spacial score (nSPS) is 10.2. The number of nitrogens with zero attached hydrogens (tertiary/aromatic N) is 1. The molecular weight excluding hydrogens is 343 g/mol. The second-order valence-electron chi connectivity index (χ2n) is 4.67. The first-order valence-electron chi connectivity index (χ1n) is 6.49. The number of carbonyl (C=O) groups is 1. The monoisotopic (exact) mass is 354 g/mol. The highest BCUT2D eigenvalue weighted by molar-refractivity contribution is 6.36. The maximum Gasteiger partial charge on any atom is 0.269 e. The molecule has 0 aliphatic heterocycles. The summed E-state index contributed by atoms with van der Waals surface area (Å²) in [4.78, 5) is 22.0. The third kappa shape index (κ3) is 4.58. The van der Waals surface area contributed by atoms with Crippen LogP contribution in [-0.4, -0.2) is 17.4 Å². The second kappa shape index (κ2) is 7.30. The van der Waals surface area contributed by atoms with Crippen molar-refractivity contribution in [1.82, 2.24) is 0 Å². The quantitative estimate of drug-likeness (QED) is 0.643. The van der Waals surface area contributed by atoms with Crippen molar-refractivity contribution in [2.45, 2.75) is 6.92 Å². The van der Waals surface area contributed by atoms with Crippen LogP contribution in [0.25, 0.3) is 0 Å². The Hall–Kier alpha value is -2.31. The Bertz CT molecular complexity index is 765. The number of nitro benzene ring substituents is 1. The molecule has 2 rings (SSSR count). The van der Waals surface area contributed by atoms with E-state index in [0.717, 1.165) is 0 Å². The van der Waals surface area contributed by atoms with Crippen LogP contribution in [0.4, 0.5) is 11.4 Å². The SMILES string of the molecule is Cc1cc([N+](=O)[O-])ccc1OCC(=O)Nc1ccc(Cl)cc1Cl. The van der Waals surface area contributed by atoms with Crippen LogP contribution >= 0.6 is 23.2 Å². The molecule has 0 spiro atoms. The largest absolute Gasteiger partial charge is 0.483 e. The van der Waals surface area contributed by atoms with Gasteiger partial charge < -0.3 is 10.1 Å². The Balaban J connectivity index is 1.98. The van der Waals surface area contributed by atoms with Crippen molar-refractivity contribution >= 4 is 40.5 Å². The van der Waals surface area contributed by atoms with Crippen LogP contribution in [0.2, 0.25) is 10.0 Å². The van der Waals surface area contributed by atoms with Gasteiger partial charge in [-0.1, -0.05) is 23.2 Å². The number of hydrogen-bond donors (Lipinski definition) is 1. The standard InChI is InChI=1S/C15H12Cl2N2O4/c1-9-6-11(19(21)22)3-5-14(9)23-8-15(20)18-13-4-2-10(16)7-12(13)17/h2-7H,8H2,1H3,(H,18,20). The molecule has 0 aromatic heterocycles. The number of nitrogens with one attached hydrogen (secondary N) is 1. The third-order valence-corrected chi connectivity index (χ3v) is 3.48. The summed E-state index contributed by atoms with van der Waals surface area (Å²) in [5.74, 6) is -0.0140. The summed E-state index contributed by atoms with van der Waals surface area (Å²) in [5, 5.41) is 14.0. The first kappa shape index (κ1) is 17.1. The second-order valence-corrected chi connectivity index (χ2v) is 5.51. The Morgan fingerprint density at radius 2 is 2.00 bits per heavy atom. The van der Waals surface area contributed by atoms with Crippen molar-refractivity contribution in [2.75, 3.05) is 11.9 Å². The van der Waals surface area contributed by atoms with Crippen molar-refractivity contribution in [3.63, 3.8) is 0 Å². The molecule has 0 unspecified atom stereocenters. The van der Waals surface area contributed by atoms with Crippen molar-refractivity contribution in [3.05, 3.63) is 62.1 Å². The highest BCUT2D eigenvalue weighted by Crippen LogP contribution is 2.26. The molecule has 0 aliphatic carbocycles. The summed E-state index contributed by atoms with van der Waals surface area (Å²) in [6.45, 7) is 1.41. The minimum atomic E-state index is -0.494. The molecule has 0 saturated carbocycles. The lowest BCUT2D eigenvalue weighted by Crippen LogP contribution is -2.20. The number of aryl methyl sites for hydroxylation is 1. The summed E-state index contributed by atoms with van der Waals surface area (Å²) in [5.41, 5.74) is 0.953. The molecule has 0 aliphatic rings. The van der Waals surface area contributed by atoms with E-state index in [1.54, 1.807) is 19.1 Å². The number of non-ortho nitro benzene ring substituents is 1. The zero-order valence-corrected chi connectivity index (χ0v) is 13.5. The first-order valence-corrected chi connectivity index (χ1v) is 7.25. The Kier molecular flexibility index (Phi) is 5.41. The smallest absolute Gasteiger partial charge is 0.269 e. The number of nitro groups is 1. The van der Waals surface area contributed by atoms with Gasteiger partial charge in [-0.3, -0.25) is 14.9 Å².